The van der Waals surface area contributed by atoms with E-state index in [0.29, 0.717) is 19.5 Å². The number of aromatic amines is 2. The number of H-pyrrole nitrogens is 2. The standard InChI is InChI=1S/C20H26N6O2/c1-13(11-15-12-14(2)23-24-15)21-19(27)25-9-7-16(8-10-25)26-18-6-4-3-5-17(18)22-20(26)28/h3-6,12-13,16H,7-11H2,1-2H3,(H,21,27)(H,22,28)(H,23,24). The van der Waals surface area contributed by atoms with Crippen molar-refractivity contribution in [1.29, 1.82) is 0 Å². The van der Waals surface area contributed by atoms with Gasteiger partial charge in [0.2, 0.25) is 0 Å². The van der Waals surface area contributed by atoms with Crippen LogP contribution in [0, 0.1) is 6.92 Å². The van der Waals surface area contributed by atoms with E-state index >= 15 is 0 Å². The summed E-state index contributed by atoms with van der Waals surface area (Å²) in [6.07, 6.45) is 2.22. The second-order valence-corrected chi connectivity index (χ2v) is 7.63. The molecule has 0 bridgehead atoms. The number of urea groups is 1. The van der Waals surface area contributed by atoms with E-state index in [0.717, 1.165) is 35.3 Å². The van der Waals surface area contributed by atoms with Crippen LogP contribution < -0.4 is 11.0 Å². The van der Waals surface area contributed by atoms with Gasteiger partial charge >= 0.3 is 11.7 Å². The molecule has 0 radical (unpaired) electrons. The molecule has 3 heterocycles. The van der Waals surface area contributed by atoms with Gasteiger partial charge in [0, 0.05) is 37.3 Å². The normalized spacial score (nSPS) is 16.4. The molecule has 2 aromatic heterocycles. The minimum absolute atomic E-state index is 0.00385. The Labute approximate surface area is 162 Å². The number of hydrogen-bond acceptors (Lipinski definition) is 3. The molecule has 0 saturated carbocycles. The third kappa shape index (κ3) is 3.67. The molecular weight excluding hydrogens is 356 g/mol. The highest BCUT2D eigenvalue weighted by Gasteiger charge is 2.26. The lowest BCUT2D eigenvalue weighted by Crippen LogP contribution is -2.48. The fraction of sp³-hybridized carbons (Fsp3) is 0.450. The predicted molar refractivity (Wildman–Crippen MR) is 107 cm³/mol. The van der Waals surface area contributed by atoms with Crippen LogP contribution in [-0.2, 0) is 6.42 Å². The van der Waals surface area contributed by atoms with E-state index in [-0.39, 0.29) is 23.8 Å². The third-order valence-electron chi connectivity index (χ3n) is 5.39. The molecule has 0 aliphatic carbocycles. The predicted octanol–water partition coefficient (Wildman–Crippen LogP) is 2.34. The van der Waals surface area contributed by atoms with Crippen molar-refractivity contribution in [1.82, 2.24) is 30.0 Å². The number of piperidine rings is 1. The molecule has 1 aliphatic heterocycles. The quantitative estimate of drug-likeness (QED) is 0.646. The van der Waals surface area contributed by atoms with Gasteiger partial charge in [-0.3, -0.25) is 9.67 Å². The van der Waals surface area contributed by atoms with Gasteiger partial charge in [0.25, 0.3) is 0 Å². The summed E-state index contributed by atoms with van der Waals surface area (Å²) in [6, 6.07) is 9.79. The lowest BCUT2D eigenvalue weighted by molar-refractivity contribution is 0.169. The van der Waals surface area contributed by atoms with E-state index in [4.69, 9.17) is 0 Å². The average Bonchev–Trinajstić information content (AvgIpc) is 3.23. The molecule has 1 fully saturated rings. The Kier molecular flexibility index (Phi) is 4.93. The van der Waals surface area contributed by atoms with Crippen LogP contribution in [0.25, 0.3) is 11.0 Å². The summed E-state index contributed by atoms with van der Waals surface area (Å²) in [4.78, 5) is 29.7. The highest BCUT2D eigenvalue weighted by Crippen LogP contribution is 2.24. The number of carbonyl (C=O) groups is 1. The number of carbonyl (C=O) groups excluding carboxylic acids is 1. The zero-order valence-corrected chi connectivity index (χ0v) is 16.2. The maximum absolute atomic E-state index is 12.6. The SMILES string of the molecule is Cc1cc(CC(C)NC(=O)N2CCC(n3c(=O)[nH]c4ccccc43)CC2)n[nH]1. The first-order valence-corrected chi connectivity index (χ1v) is 9.77. The minimum Gasteiger partial charge on any atom is -0.335 e. The minimum atomic E-state index is -0.0768. The lowest BCUT2D eigenvalue weighted by Gasteiger charge is -2.33. The summed E-state index contributed by atoms with van der Waals surface area (Å²) in [5.41, 5.74) is 3.67. The lowest BCUT2D eigenvalue weighted by atomic mass is 10.0. The van der Waals surface area contributed by atoms with Crippen LogP contribution in [0.2, 0.25) is 0 Å². The number of likely N-dealkylation sites (tertiary alicyclic amines) is 1. The summed E-state index contributed by atoms with van der Waals surface area (Å²) in [5.74, 6) is 0. The molecule has 3 aromatic rings. The summed E-state index contributed by atoms with van der Waals surface area (Å²) in [5, 5.41) is 10.2. The molecule has 3 N–H and O–H groups in total. The van der Waals surface area contributed by atoms with Crippen LogP contribution in [0.5, 0.6) is 0 Å². The van der Waals surface area contributed by atoms with Crippen molar-refractivity contribution in [3.8, 4) is 0 Å². The first kappa shape index (κ1) is 18.3. The molecule has 148 valence electrons. The Morgan fingerprint density at radius 3 is 2.79 bits per heavy atom. The van der Waals surface area contributed by atoms with Gasteiger partial charge in [-0.15, -0.1) is 0 Å². The number of imidazole rings is 1. The molecule has 1 unspecified atom stereocenters. The second kappa shape index (κ2) is 7.53. The third-order valence-corrected chi connectivity index (χ3v) is 5.39. The van der Waals surface area contributed by atoms with Gasteiger partial charge in [0.1, 0.15) is 0 Å². The highest BCUT2D eigenvalue weighted by atomic mass is 16.2. The van der Waals surface area contributed by atoms with Crippen molar-refractivity contribution in [3.05, 3.63) is 52.2 Å². The van der Waals surface area contributed by atoms with Gasteiger partial charge in [-0.05, 0) is 44.9 Å². The molecule has 0 spiro atoms. The van der Waals surface area contributed by atoms with Crippen LogP contribution in [0.3, 0.4) is 0 Å². The van der Waals surface area contributed by atoms with Gasteiger partial charge in [-0.2, -0.15) is 5.10 Å². The number of benzene rings is 1. The number of nitrogens with one attached hydrogen (secondary N) is 3. The van der Waals surface area contributed by atoms with Gasteiger partial charge in [-0.25, -0.2) is 9.59 Å². The van der Waals surface area contributed by atoms with Crippen LogP contribution in [-0.4, -0.2) is 49.8 Å². The van der Waals surface area contributed by atoms with E-state index in [1.165, 1.54) is 0 Å². The Morgan fingerprint density at radius 1 is 1.32 bits per heavy atom. The van der Waals surface area contributed by atoms with Crippen molar-refractivity contribution >= 4 is 17.1 Å². The Morgan fingerprint density at radius 2 is 2.07 bits per heavy atom. The molecule has 8 nitrogen and oxygen atoms in total. The fourth-order valence-corrected chi connectivity index (χ4v) is 4.01. The Bertz CT molecular complexity index is 1020. The van der Waals surface area contributed by atoms with Gasteiger partial charge < -0.3 is 15.2 Å². The van der Waals surface area contributed by atoms with Crippen molar-refractivity contribution in [2.45, 2.75) is 45.2 Å². The van der Waals surface area contributed by atoms with E-state index in [1.807, 2.05) is 53.6 Å². The number of para-hydroxylation sites is 2. The molecule has 1 saturated heterocycles. The van der Waals surface area contributed by atoms with Crippen molar-refractivity contribution in [2.24, 2.45) is 0 Å². The number of hydrogen-bond donors (Lipinski definition) is 3. The van der Waals surface area contributed by atoms with E-state index in [9.17, 15) is 9.59 Å². The molecular formula is C20H26N6O2. The first-order valence-electron chi connectivity index (χ1n) is 9.77. The summed E-state index contributed by atoms with van der Waals surface area (Å²) < 4.78 is 1.84. The molecule has 2 amide bonds. The molecule has 1 aliphatic rings. The van der Waals surface area contributed by atoms with Crippen LogP contribution in [0.15, 0.2) is 35.1 Å². The zero-order chi connectivity index (χ0) is 19.7. The van der Waals surface area contributed by atoms with E-state index < -0.39 is 0 Å². The Hall–Kier alpha value is -3.03. The maximum atomic E-state index is 12.6. The van der Waals surface area contributed by atoms with Crippen molar-refractivity contribution in [2.75, 3.05) is 13.1 Å². The zero-order valence-electron chi connectivity index (χ0n) is 16.2. The van der Waals surface area contributed by atoms with E-state index in [2.05, 4.69) is 20.5 Å². The number of amides is 2. The maximum Gasteiger partial charge on any atom is 0.326 e. The fourth-order valence-electron chi connectivity index (χ4n) is 4.01. The van der Waals surface area contributed by atoms with Gasteiger partial charge in [-0.1, -0.05) is 12.1 Å². The summed E-state index contributed by atoms with van der Waals surface area (Å²) in [6.45, 7) is 5.22. The van der Waals surface area contributed by atoms with Gasteiger partial charge in [0.15, 0.2) is 0 Å². The number of aromatic nitrogens is 4. The molecule has 8 heteroatoms. The number of fused-ring (bicyclic) bond motifs is 1. The average molecular weight is 382 g/mol. The first-order chi connectivity index (χ1) is 13.5. The summed E-state index contributed by atoms with van der Waals surface area (Å²) in [7, 11) is 0. The number of rotatable bonds is 4. The monoisotopic (exact) mass is 382 g/mol. The Balaban J connectivity index is 1.35. The molecule has 4 rings (SSSR count). The van der Waals surface area contributed by atoms with E-state index in [1.54, 1.807) is 0 Å². The largest absolute Gasteiger partial charge is 0.335 e. The molecule has 28 heavy (non-hydrogen) atoms. The number of aryl methyl sites for hydroxylation is 1. The molecule has 1 atom stereocenters. The van der Waals surface area contributed by atoms with Crippen LogP contribution in [0.4, 0.5) is 4.79 Å². The second-order valence-electron chi connectivity index (χ2n) is 7.63. The number of nitrogens with zero attached hydrogens (tertiary/aromatic N) is 3. The highest BCUT2D eigenvalue weighted by molar-refractivity contribution is 5.75. The van der Waals surface area contributed by atoms with Gasteiger partial charge in [0.05, 0.1) is 16.7 Å². The van der Waals surface area contributed by atoms with Crippen molar-refractivity contribution < 1.29 is 4.79 Å². The smallest absolute Gasteiger partial charge is 0.326 e. The van der Waals surface area contributed by atoms with Crippen LogP contribution in [0.1, 0.15) is 37.2 Å². The van der Waals surface area contributed by atoms with Crippen molar-refractivity contribution in [3.63, 3.8) is 0 Å². The topological polar surface area (TPSA) is 98.8 Å². The molecule has 1 aromatic carbocycles. The van der Waals surface area contributed by atoms with Crippen LogP contribution >= 0.6 is 0 Å². The summed E-state index contributed by atoms with van der Waals surface area (Å²) >= 11 is 0.